The van der Waals surface area contributed by atoms with Crippen molar-refractivity contribution in [1.82, 2.24) is 5.32 Å². The van der Waals surface area contributed by atoms with Crippen LogP contribution in [0, 0.1) is 0 Å². The molecule has 0 fully saturated rings. The molecule has 0 aliphatic carbocycles. The van der Waals surface area contributed by atoms with E-state index in [9.17, 15) is 0 Å². The largest absolute Gasteiger partial charge is 0.491 e. The zero-order valence-electron chi connectivity index (χ0n) is 12.8. The van der Waals surface area contributed by atoms with Crippen molar-refractivity contribution in [2.75, 3.05) is 0 Å². The van der Waals surface area contributed by atoms with Gasteiger partial charge in [-0.3, -0.25) is 0 Å². The van der Waals surface area contributed by atoms with Gasteiger partial charge in [-0.25, -0.2) is 0 Å². The molecule has 3 heteroatoms. The molecule has 1 atom stereocenters. The molecule has 0 aromatic heterocycles. The van der Waals surface area contributed by atoms with Gasteiger partial charge in [0.1, 0.15) is 5.75 Å². The van der Waals surface area contributed by atoms with Crippen molar-refractivity contribution in [1.29, 1.82) is 0 Å². The summed E-state index contributed by atoms with van der Waals surface area (Å²) in [6, 6.07) is 17.0. The summed E-state index contributed by atoms with van der Waals surface area (Å²) in [6.45, 7) is 7.11. The summed E-state index contributed by atoms with van der Waals surface area (Å²) in [7, 11) is 0. The average molecular weight is 348 g/mol. The van der Waals surface area contributed by atoms with Crippen molar-refractivity contribution in [2.24, 2.45) is 0 Å². The summed E-state index contributed by atoms with van der Waals surface area (Å²) in [4.78, 5) is 0. The molecule has 0 bridgehead atoms. The molecule has 21 heavy (non-hydrogen) atoms. The van der Waals surface area contributed by atoms with Gasteiger partial charge in [0, 0.05) is 17.1 Å². The van der Waals surface area contributed by atoms with Gasteiger partial charge in [-0.05, 0) is 56.2 Å². The van der Waals surface area contributed by atoms with Gasteiger partial charge in [0.2, 0.25) is 0 Å². The first kappa shape index (κ1) is 16.1. The molecule has 2 nitrogen and oxygen atoms in total. The molecule has 0 spiro atoms. The lowest BCUT2D eigenvalue weighted by atomic mass is 10.1. The van der Waals surface area contributed by atoms with E-state index in [0.29, 0.717) is 0 Å². The lowest BCUT2D eigenvalue weighted by Gasteiger charge is -2.16. The molecule has 0 radical (unpaired) electrons. The summed E-state index contributed by atoms with van der Waals surface area (Å²) < 4.78 is 6.86. The van der Waals surface area contributed by atoms with Crippen LogP contribution in [-0.2, 0) is 6.54 Å². The molecule has 0 saturated heterocycles. The van der Waals surface area contributed by atoms with Crippen LogP contribution in [0.5, 0.6) is 5.75 Å². The number of rotatable bonds is 6. The van der Waals surface area contributed by atoms with Gasteiger partial charge in [0.25, 0.3) is 0 Å². The minimum atomic E-state index is 0.200. The zero-order chi connectivity index (χ0) is 15.2. The predicted molar refractivity (Wildman–Crippen MR) is 91.6 cm³/mol. The van der Waals surface area contributed by atoms with Crippen LogP contribution in [0.1, 0.15) is 37.9 Å². The molecular formula is C18H22BrNO. The van der Waals surface area contributed by atoms with Gasteiger partial charge in [-0.1, -0.05) is 40.2 Å². The van der Waals surface area contributed by atoms with E-state index < -0.39 is 0 Å². The minimum Gasteiger partial charge on any atom is -0.491 e. The molecule has 0 amide bonds. The monoisotopic (exact) mass is 347 g/mol. The van der Waals surface area contributed by atoms with Crippen molar-refractivity contribution in [3.63, 3.8) is 0 Å². The number of ether oxygens (including phenoxy) is 1. The summed E-state index contributed by atoms with van der Waals surface area (Å²) in [5.41, 5.74) is 2.52. The van der Waals surface area contributed by atoms with Crippen molar-refractivity contribution in [2.45, 2.75) is 39.5 Å². The Morgan fingerprint density at radius 3 is 2.43 bits per heavy atom. The summed E-state index contributed by atoms with van der Waals surface area (Å²) in [6.07, 6.45) is 0.200. The first-order valence-corrected chi connectivity index (χ1v) is 8.08. The minimum absolute atomic E-state index is 0.200. The Morgan fingerprint density at radius 2 is 1.76 bits per heavy atom. The molecule has 0 aliphatic rings. The lowest BCUT2D eigenvalue weighted by Crippen LogP contribution is -2.18. The van der Waals surface area contributed by atoms with E-state index in [1.54, 1.807) is 0 Å². The first-order valence-electron chi connectivity index (χ1n) is 7.29. The zero-order valence-corrected chi connectivity index (χ0v) is 14.4. The maximum absolute atomic E-state index is 5.75. The Kier molecular flexibility index (Phi) is 5.83. The van der Waals surface area contributed by atoms with Crippen molar-refractivity contribution >= 4 is 15.9 Å². The van der Waals surface area contributed by atoms with Gasteiger partial charge in [0.05, 0.1) is 6.10 Å². The molecule has 1 N–H and O–H groups in total. The normalized spacial score (nSPS) is 12.4. The fraction of sp³-hybridized carbons (Fsp3) is 0.333. The lowest BCUT2D eigenvalue weighted by molar-refractivity contribution is 0.242. The van der Waals surface area contributed by atoms with Crippen LogP contribution >= 0.6 is 15.9 Å². The number of benzene rings is 2. The third-order valence-corrected chi connectivity index (χ3v) is 3.78. The van der Waals surface area contributed by atoms with Crippen molar-refractivity contribution in [3.8, 4) is 5.75 Å². The molecule has 2 aromatic carbocycles. The maximum Gasteiger partial charge on any atom is 0.120 e. The second kappa shape index (κ2) is 7.62. The number of hydrogen-bond donors (Lipinski definition) is 1. The Morgan fingerprint density at radius 1 is 1.05 bits per heavy atom. The molecule has 2 rings (SSSR count). The molecule has 0 heterocycles. The Hall–Kier alpha value is -1.32. The molecule has 0 aliphatic heterocycles. The molecule has 0 saturated carbocycles. The topological polar surface area (TPSA) is 21.3 Å². The van der Waals surface area contributed by atoms with Gasteiger partial charge < -0.3 is 10.1 Å². The van der Waals surface area contributed by atoms with Crippen LogP contribution in [0.25, 0.3) is 0 Å². The maximum atomic E-state index is 5.75. The average Bonchev–Trinajstić information content (AvgIpc) is 2.46. The molecular weight excluding hydrogens is 326 g/mol. The van der Waals surface area contributed by atoms with Crippen molar-refractivity contribution < 1.29 is 4.74 Å². The van der Waals surface area contributed by atoms with Crippen LogP contribution < -0.4 is 10.1 Å². The van der Waals surface area contributed by atoms with E-state index in [1.807, 2.05) is 26.0 Å². The Labute approximate surface area is 135 Å². The van der Waals surface area contributed by atoms with Crippen molar-refractivity contribution in [3.05, 3.63) is 64.1 Å². The van der Waals surface area contributed by atoms with E-state index >= 15 is 0 Å². The Bertz CT molecular complexity index is 566. The van der Waals surface area contributed by atoms with Gasteiger partial charge in [0.15, 0.2) is 0 Å². The molecule has 1 unspecified atom stereocenters. The fourth-order valence-electron chi connectivity index (χ4n) is 2.12. The smallest absolute Gasteiger partial charge is 0.120 e. The van der Waals surface area contributed by atoms with Gasteiger partial charge in [-0.2, -0.15) is 0 Å². The predicted octanol–water partition coefficient (Wildman–Crippen LogP) is 5.09. The summed E-state index contributed by atoms with van der Waals surface area (Å²) >= 11 is 3.46. The van der Waals surface area contributed by atoms with Crippen LogP contribution in [0.2, 0.25) is 0 Å². The van der Waals surface area contributed by atoms with E-state index in [-0.39, 0.29) is 12.1 Å². The molecule has 2 aromatic rings. The second-order valence-corrected chi connectivity index (χ2v) is 6.38. The molecule has 112 valence electrons. The van der Waals surface area contributed by atoms with Crippen LogP contribution in [-0.4, -0.2) is 6.10 Å². The number of hydrogen-bond acceptors (Lipinski definition) is 2. The summed E-state index contributed by atoms with van der Waals surface area (Å²) in [5, 5.41) is 3.54. The van der Waals surface area contributed by atoms with E-state index in [0.717, 1.165) is 16.8 Å². The number of nitrogens with one attached hydrogen (secondary N) is 1. The fourth-order valence-corrected chi connectivity index (χ4v) is 2.38. The van der Waals surface area contributed by atoms with E-state index in [2.05, 4.69) is 64.6 Å². The standard InChI is InChI=1S/C18H22BrNO/c1-13(2)21-18-6-4-5-16(11-18)14(3)20-12-15-7-9-17(19)10-8-15/h4-11,13-14,20H,12H2,1-3H3. The van der Waals surface area contributed by atoms with Gasteiger partial charge in [-0.15, -0.1) is 0 Å². The Balaban J connectivity index is 1.96. The number of halogens is 1. The first-order chi connectivity index (χ1) is 10.0. The highest BCUT2D eigenvalue weighted by Crippen LogP contribution is 2.20. The van der Waals surface area contributed by atoms with Crippen LogP contribution in [0.3, 0.4) is 0 Å². The highest BCUT2D eigenvalue weighted by molar-refractivity contribution is 9.10. The highest BCUT2D eigenvalue weighted by atomic mass is 79.9. The van der Waals surface area contributed by atoms with E-state index in [4.69, 9.17) is 4.74 Å². The third-order valence-electron chi connectivity index (χ3n) is 3.26. The second-order valence-electron chi connectivity index (χ2n) is 5.47. The van der Waals surface area contributed by atoms with E-state index in [1.165, 1.54) is 11.1 Å². The van der Waals surface area contributed by atoms with Gasteiger partial charge >= 0.3 is 0 Å². The quantitative estimate of drug-likeness (QED) is 0.785. The highest BCUT2D eigenvalue weighted by Gasteiger charge is 2.07. The van der Waals surface area contributed by atoms with Crippen LogP contribution in [0.15, 0.2) is 53.0 Å². The third kappa shape index (κ3) is 5.18. The summed E-state index contributed by atoms with van der Waals surface area (Å²) in [5.74, 6) is 0.930. The van der Waals surface area contributed by atoms with Crippen LogP contribution in [0.4, 0.5) is 0 Å². The SMILES string of the molecule is CC(C)Oc1cccc(C(C)NCc2ccc(Br)cc2)c1.